The van der Waals surface area contributed by atoms with Crippen LogP contribution in [0.2, 0.25) is 0 Å². The summed E-state index contributed by atoms with van der Waals surface area (Å²) in [7, 11) is 1.56. The van der Waals surface area contributed by atoms with Crippen molar-refractivity contribution in [3.63, 3.8) is 0 Å². The number of carbonyl (C=O) groups excluding carboxylic acids is 2. The van der Waals surface area contributed by atoms with E-state index in [4.69, 9.17) is 9.15 Å². The van der Waals surface area contributed by atoms with Gasteiger partial charge in [-0.15, -0.1) is 5.10 Å². The van der Waals surface area contributed by atoms with Crippen LogP contribution in [0.1, 0.15) is 17.0 Å². The SMILES string of the molecule is COc1ccccc1-c1nc(NC(=O)CCNC(=O)c2ccco2)n[nH]1. The summed E-state index contributed by atoms with van der Waals surface area (Å²) in [6, 6.07) is 10.5. The Morgan fingerprint density at radius 1 is 1.23 bits per heavy atom. The van der Waals surface area contributed by atoms with Gasteiger partial charge in [-0.1, -0.05) is 12.1 Å². The summed E-state index contributed by atoms with van der Waals surface area (Å²) in [6.45, 7) is 0.162. The predicted octanol–water partition coefficient (Wildman–Crippen LogP) is 1.83. The van der Waals surface area contributed by atoms with Crippen LogP contribution in [0.3, 0.4) is 0 Å². The summed E-state index contributed by atoms with van der Waals surface area (Å²) in [5.41, 5.74) is 0.730. The minimum absolute atomic E-state index is 0.0744. The Labute approximate surface area is 148 Å². The lowest BCUT2D eigenvalue weighted by atomic mass is 10.2. The van der Waals surface area contributed by atoms with Crippen molar-refractivity contribution in [1.29, 1.82) is 0 Å². The maximum absolute atomic E-state index is 11.9. The molecule has 0 aliphatic rings. The number of methoxy groups -OCH3 is 1. The van der Waals surface area contributed by atoms with Crippen LogP contribution in [-0.2, 0) is 4.79 Å². The van der Waals surface area contributed by atoms with Crippen molar-refractivity contribution in [3.05, 3.63) is 48.4 Å². The maximum Gasteiger partial charge on any atom is 0.286 e. The standard InChI is InChI=1S/C17H17N5O4/c1-25-12-6-3-2-5-11(12)15-20-17(22-21-15)19-14(23)8-9-18-16(24)13-7-4-10-26-13/h2-7,10H,8-9H2,1H3,(H,18,24)(H2,19,20,21,22,23). The lowest BCUT2D eigenvalue weighted by molar-refractivity contribution is -0.116. The third kappa shape index (κ3) is 4.07. The Morgan fingerprint density at radius 3 is 2.85 bits per heavy atom. The summed E-state index contributed by atoms with van der Waals surface area (Å²) in [5, 5.41) is 11.9. The molecule has 0 unspecified atom stereocenters. The molecule has 2 heterocycles. The molecule has 3 rings (SSSR count). The second kappa shape index (κ2) is 7.97. The van der Waals surface area contributed by atoms with Gasteiger partial charge in [0.05, 0.1) is 18.9 Å². The average molecular weight is 355 g/mol. The Kier molecular flexibility index (Phi) is 5.28. The van der Waals surface area contributed by atoms with Gasteiger partial charge in [-0.2, -0.15) is 4.98 Å². The molecule has 0 aliphatic carbocycles. The smallest absolute Gasteiger partial charge is 0.286 e. The topological polar surface area (TPSA) is 122 Å². The number of H-pyrrole nitrogens is 1. The van der Waals surface area contributed by atoms with Crippen molar-refractivity contribution in [1.82, 2.24) is 20.5 Å². The van der Waals surface area contributed by atoms with Gasteiger partial charge in [0, 0.05) is 13.0 Å². The quantitative estimate of drug-likeness (QED) is 0.594. The van der Waals surface area contributed by atoms with Crippen molar-refractivity contribution in [3.8, 4) is 17.1 Å². The van der Waals surface area contributed by atoms with Crippen molar-refractivity contribution in [2.24, 2.45) is 0 Å². The van der Waals surface area contributed by atoms with Gasteiger partial charge < -0.3 is 14.5 Å². The normalized spacial score (nSPS) is 10.3. The molecule has 0 spiro atoms. The van der Waals surface area contributed by atoms with Crippen molar-refractivity contribution < 1.29 is 18.7 Å². The average Bonchev–Trinajstić information content (AvgIpc) is 3.33. The molecule has 3 aromatic rings. The third-order valence-electron chi connectivity index (χ3n) is 3.48. The number of hydrogen-bond acceptors (Lipinski definition) is 6. The molecule has 0 fully saturated rings. The molecule has 9 heteroatoms. The number of benzene rings is 1. The Hall–Kier alpha value is -3.62. The molecule has 0 saturated heterocycles. The Morgan fingerprint density at radius 2 is 2.08 bits per heavy atom. The maximum atomic E-state index is 11.9. The fourth-order valence-electron chi connectivity index (χ4n) is 2.25. The Bertz CT molecular complexity index is 888. The first kappa shape index (κ1) is 17.2. The fourth-order valence-corrected chi connectivity index (χ4v) is 2.25. The lowest BCUT2D eigenvalue weighted by Gasteiger charge is -2.04. The number of para-hydroxylation sites is 1. The summed E-state index contributed by atoms with van der Waals surface area (Å²) in [6.07, 6.45) is 1.48. The Balaban J connectivity index is 1.52. The number of furan rings is 1. The summed E-state index contributed by atoms with van der Waals surface area (Å²) in [5.74, 6) is 0.759. The number of rotatable bonds is 7. The fraction of sp³-hybridized carbons (Fsp3) is 0.176. The minimum atomic E-state index is -0.376. The van der Waals surface area contributed by atoms with Crippen LogP contribution in [0.5, 0.6) is 5.75 Å². The van der Waals surface area contributed by atoms with Gasteiger partial charge in [-0.3, -0.25) is 20.0 Å². The molecule has 9 nitrogen and oxygen atoms in total. The lowest BCUT2D eigenvalue weighted by Crippen LogP contribution is -2.27. The molecule has 2 aromatic heterocycles. The van der Waals surface area contributed by atoms with Crippen LogP contribution in [0.15, 0.2) is 47.1 Å². The summed E-state index contributed by atoms with van der Waals surface area (Å²) < 4.78 is 10.2. The largest absolute Gasteiger partial charge is 0.496 e. The monoisotopic (exact) mass is 355 g/mol. The second-order valence-electron chi connectivity index (χ2n) is 5.24. The first-order valence-corrected chi connectivity index (χ1v) is 7.84. The summed E-state index contributed by atoms with van der Waals surface area (Å²) in [4.78, 5) is 27.9. The van der Waals surface area contributed by atoms with Crippen LogP contribution < -0.4 is 15.4 Å². The van der Waals surface area contributed by atoms with Crippen LogP contribution in [0.4, 0.5) is 5.95 Å². The van der Waals surface area contributed by atoms with E-state index in [-0.39, 0.29) is 36.5 Å². The number of anilines is 1. The third-order valence-corrected chi connectivity index (χ3v) is 3.48. The van der Waals surface area contributed by atoms with E-state index in [1.54, 1.807) is 25.3 Å². The van der Waals surface area contributed by atoms with Gasteiger partial charge in [0.2, 0.25) is 11.9 Å². The number of nitrogens with one attached hydrogen (secondary N) is 3. The number of amides is 2. The molecule has 0 saturated carbocycles. The van der Waals surface area contributed by atoms with Gasteiger partial charge in [0.1, 0.15) is 5.75 Å². The first-order chi connectivity index (χ1) is 12.7. The molecule has 26 heavy (non-hydrogen) atoms. The van der Waals surface area contributed by atoms with Crippen LogP contribution in [-0.4, -0.2) is 40.7 Å². The van der Waals surface area contributed by atoms with E-state index in [0.717, 1.165) is 5.56 Å². The molecule has 3 N–H and O–H groups in total. The minimum Gasteiger partial charge on any atom is -0.496 e. The highest BCUT2D eigenvalue weighted by Crippen LogP contribution is 2.26. The number of aromatic amines is 1. The highest BCUT2D eigenvalue weighted by atomic mass is 16.5. The molecule has 0 atom stereocenters. The molecule has 0 radical (unpaired) electrons. The molecular formula is C17H17N5O4. The number of carbonyl (C=O) groups is 2. The van der Waals surface area contributed by atoms with E-state index in [0.29, 0.717) is 11.6 Å². The van der Waals surface area contributed by atoms with Crippen molar-refractivity contribution in [2.45, 2.75) is 6.42 Å². The number of hydrogen-bond donors (Lipinski definition) is 3. The van der Waals surface area contributed by atoms with Crippen molar-refractivity contribution in [2.75, 3.05) is 19.0 Å². The summed E-state index contributed by atoms with van der Waals surface area (Å²) >= 11 is 0. The zero-order chi connectivity index (χ0) is 18.4. The molecular weight excluding hydrogens is 338 g/mol. The van der Waals surface area contributed by atoms with E-state index in [2.05, 4.69) is 25.8 Å². The van der Waals surface area contributed by atoms with Crippen LogP contribution >= 0.6 is 0 Å². The van der Waals surface area contributed by atoms with E-state index in [1.807, 2.05) is 18.2 Å². The van der Waals surface area contributed by atoms with Gasteiger partial charge in [-0.05, 0) is 24.3 Å². The molecule has 1 aromatic carbocycles. The molecule has 2 amide bonds. The molecule has 0 aliphatic heterocycles. The molecule has 0 bridgehead atoms. The van der Waals surface area contributed by atoms with Gasteiger partial charge in [-0.25, -0.2) is 0 Å². The van der Waals surface area contributed by atoms with E-state index >= 15 is 0 Å². The number of ether oxygens (including phenoxy) is 1. The van der Waals surface area contributed by atoms with E-state index in [9.17, 15) is 9.59 Å². The van der Waals surface area contributed by atoms with Gasteiger partial charge in [0.15, 0.2) is 11.6 Å². The van der Waals surface area contributed by atoms with Crippen LogP contribution in [0.25, 0.3) is 11.4 Å². The van der Waals surface area contributed by atoms with E-state index in [1.165, 1.54) is 6.26 Å². The van der Waals surface area contributed by atoms with Crippen LogP contribution in [0, 0.1) is 0 Å². The van der Waals surface area contributed by atoms with Gasteiger partial charge >= 0.3 is 0 Å². The highest BCUT2D eigenvalue weighted by Gasteiger charge is 2.13. The molecule has 134 valence electrons. The second-order valence-corrected chi connectivity index (χ2v) is 5.24. The predicted molar refractivity (Wildman–Crippen MR) is 92.7 cm³/mol. The zero-order valence-corrected chi connectivity index (χ0v) is 14.0. The zero-order valence-electron chi connectivity index (χ0n) is 14.0. The number of nitrogens with zero attached hydrogens (tertiary/aromatic N) is 2. The van der Waals surface area contributed by atoms with E-state index < -0.39 is 0 Å². The highest BCUT2D eigenvalue weighted by molar-refractivity contribution is 5.92. The first-order valence-electron chi connectivity index (χ1n) is 7.84. The number of aromatic nitrogens is 3. The van der Waals surface area contributed by atoms with Gasteiger partial charge in [0.25, 0.3) is 5.91 Å². The van der Waals surface area contributed by atoms with Crippen molar-refractivity contribution >= 4 is 17.8 Å².